The highest BCUT2D eigenvalue weighted by atomic mass is 16.1. The predicted octanol–water partition coefficient (Wildman–Crippen LogP) is 2.43. The van der Waals surface area contributed by atoms with Gasteiger partial charge in [-0.05, 0) is 25.5 Å². The average molecular weight is 255 g/mol. The van der Waals surface area contributed by atoms with Crippen LogP contribution in [0, 0.1) is 25.2 Å². The van der Waals surface area contributed by atoms with Gasteiger partial charge in [-0.3, -0.25) is 4.79 Å². The van der Waals surface area contributed by atoms with Gasteiger partial charge < -0.3 is 10.6 Å². The fourth-order valence-electron chi connectivity index (χ4n) is 1.54. The van der Waals surface area contributed by atoms with Crippen LogP contribution in [0.2, 0.25) is 0 Å². The summed E-state index contributed by atoms with van der Waals surface area (Å²) >= 11 is 0. The Bertz CT molecular complexity index is 553. The van der Waals surface area contributed by atoms with Crippen LogP contribution in [0.5, 0.6) is 0 Å². The molecule has 4 heteroatoms. The van der Waals surface area contributed by atoms with Crippen molar-refractivity contribution >= 4 is 11.6 Å². The van der Waals surface area contributed by atoms with E-state index in [2.05, 4.69) is 17.2 Å². The summed E-state index contributed by atoms with van der Waals surface area (Å²) < 4.78 is 0. The number of carbonyl (C=O) groups excluding carboxylic acids is 1. The molecule has 98 valence electrons. The summed E-state index contributed by atoms with van der Waals surface area (Å²) in [5, 5.41) is 14.5. The number of benzene rings is 1. The van der Waals surface area contributed by atoms with Crippen LogP contribution in [0.25, 0.3) is 0 Å². The molecule has 0 aliphatic carbocycles. The van der Waals surface area contributed by atoms with Crippen LogP contribution in [0.3, 0.4) is 0 Å². The minimum atomic E-state index is -0.425. The molecule has 4 nitrogen and oxygen atoms in total. The summed E-state index contributed by atoms with van der Waals surface area (Å²) in [5.41, 5.74) is 2.83. The zero-order chi connectivity index (χ0) is 14.3. The molecule has 1 amide bonds. The molecule has 0 aliphatic heterocycles. The molecule has 0 heterocycles. The number of aryl methyl sites for hydroxylation is 2. The van der Waals surface area contributed by atoms with E-state index < -0.39 is 5.91 Å². The molecule has 0 bridgehead atoms. The van der Waals surface area contributed by atoms with E-state index in [0.717, 1.165) is 11.1 Å². The second-order valence-electron chi connectivity index (χ2n) is 4.14. The molecule has 0 spiro atoms. The van der Waals surface area contributed by atoms with Crippen molar-refractivity contribution in [2.24, 2.45) is 0 Å². The normalized spacial score (nSPS) is 10.5. The summed E-state index contributed by atoms with van der Waals surface area (Å²) in [6.07, 6.45) is 3.04. The van der Waals surface area contributed by atoms with Crippen LogP contribution in [0.1, 0.15) is 11.1 Å². The quantitative estimate of drug-likeness (QED) is 0.367. The zero-order valence-corrected chi connectivity index (χ0v) is 11.2. The Morgan fingerprint density at radius 2 is 2.21 bits per heavy atom. The number of nitrogens with zero attached hydrogens (tertiary/aromatic N) is 1. The highest BCUT2D eigenvalue weighted by molar-refractivity contribution is 6.06. The first-order valence-electron chi connectivity index (χ1n) is 5.91. The van der Waals surface area contributed by atoms with E-state index in [-0.39, 0.29) is 5.57 Å². The Morgan fingerprint density at radius 3 is 2.79 bits per heavy atom. The lowest BCUT2D eigenvalue weighted by atomic mass is 10.1. The maximum absolute atomic E-state index is 11.9. The van der Waals surface area contributed by atoms with Gasteiger partial charge in [-0.25, -0.2) is 0 Å². The Morgan fingerprint density at radius 1 is 1.47 bits per heavy atom. The van der Waals surface area contributed by atoms with Crippen molar-refractivity contribution in [1.82, 2.24) is 5.32 Å². The summed E-state index contributed by atoms with van der Waals surface area (Å²) in [4.78, 5) is 11.9. The number of nitrogens with one attached hydrogen (secondary N) is 2. The molecule has 0 radical (unpaired) electrons. The molecule has 19 heavy (non-hydrogen) atoms. The van der Waals surface area contributed by atoms with Crippen molar-refractivity contribution in [3.8, 4) is 6.07 Å². The minimum absolute atomic E-state index is 0.0295. The molecular weight excluding hydrogens is 238 g/mol. The van der Waals surface area contributed by atoms with Crippen molar-refractivity contribution in [3.05, 3.63) is 53.8 Å². The van der Waals surface area contributed by atoms with Crippen LogP contribution < -0.4 is 10.6 Å². The summed E-state index contributed by atoms with van der Waals surface area (Å²) in [5.74, 6) is -0.425. The molecule has 0 saturated heterocycles. The predicted molar refractivity (Wildman–Crippen MR) is 76.4 cm³/mol. The van der Waals surface area contributed by atoms with Gasteiger partial charge in [0.15, 0.2) is 0 Å². The Balaban J connectivity index is 2.80. The summed E-state index contributed by atoms with van der Waals surface area (Å²) in [6, 6.07) is 7.58. The number of amides is 1. The van der Waals surface area contributed by atoms with Gasteiger partial charge in [-0.1, -0.05) is 23.8 Å². The molecule has 1 rings (SSSR count). The Hall–Kier alpha value is -2.54. The molecule has 0 atom stereocenters. The highest BCUT2D eigenvalue weighted by Gasteiger charge is 2.10. The lowest BCUT2D eigenvalue weighted by Crippen LogP contribution is -2.17. The monoisotopic (exact) mass is 255 g/mol. The van der Waals surface area contributed by atoms with Crippen LogP contribution in [-0.4, -0.2) is 12.5 Å². The number of nitriles is 1. The first kappa shape index (κ1) is 14.5. The molecule has 0 aromatic heterocycles. The second-order valence-corrected chi connectivity index (χ2v) is 4.14. The van der Waals surface area contributed by atoms with Crippen LogP contribution in [0.15, 0.2) is 42.6 Å². The van der Waals surface area contributed by atoms with Gasteiger partial charge in [0.1, 0.15) is 11.6 Å². The van der Waals surface area contributed by atoms with Crippen LogP contribution in [-0.2, 0) is 4.79 Å². The molecule has 2 N–H and O–H groups in total. The van der Waals surface area contributed by atoms with E-state index in [0.29, 0.717) is 12.2 Å². The maximum Gasteiger partial charge on any atom is 0.267 e. The van der Waals surface area contributed by atoms with Gasteiger partial charge in [-0.15, -0.1) is 6.58 Å². The molecule has 0 aliphatic rings. The number of carbonyl (C=O) groups is 1. The van der Waals surface area contributed by atoms with Gasteiger partial charge in [0.25, 0.3) is 5.91 Å². The third-order valence-corrected chi connectivity index (χ3v) is 2.50. The van der Waals surface area contributed by atoms with Gasteiger partial charge in [0.05, 0.1) is 0 Å². The average Bonchev–Trinajstić information content (AvgIpc) is 2.38. The fourth-order valence-corrected chi connectivity index (χ4v) is 1.54. The number of rotatable bonds is 5. The second kappa shape index (κ2) is 7.02. The van der Waals surface area contributed by atoms with Crippen LogP contribution in [0.4, 0.5) is 5.69 Å². The van der Waals surface area contributed by atoms with Gasteiger partial charge in [-0.2, -0.15) is 5.26 Å². The minimum Gasteiger partial charge on any atom is -0.386 e. The molecule has 1 aromatic carbocycles. The maximum atomic E-state index is 11.9. The van der Waals surface area contributed by atoms with Gasteiger partial charge in [0.2, 0.25) is 0 Å². The summed E-state index contributed by atoms with van der Waals surface area (Å²) in [7, 11) is 0. The molecular formula is C15H17N3O. The fraction of sp³-hybridized carbons (Fsp3) is 0.200. The molecule has 0 fully saturated rings. The smallest absolute Gasteiger partial charge is 0.267 e. The van der Waals surface area contributed by atoms with E-state index in [1.807, 2.05) is 38.1 Å². The number of hydrogen-bond donors (Lipinski definition) is 2. The Kier molecular flexibility index (Phi) is 5.36. The largest absolute Gasteiger partial charge is 0.386 e. The topological polar surface area (TPSA) is 64.9 Å². The van der Waals surface area contributed by atoms with E-state index in [1.165, 1.54) is 6.20 Å². The number of hydrogen-bond acceptors (Lipinski definition) is 3. The third-order valence-electron chi connectivity index (χ3n) is 2.50. The lowest BCUT2D eigenvalue weighted by molar-refractivity contribution is -0.112. The first-order valence-corrected chi connectivity index (χ1v) is 5.91. The van der Waals surface area contributed by atoms with Gasteiger partial charge in [0, 0.05) is 18.4 Å². The first-order chi connectivity index (χ1) is 9.08. The van der Waals surface area contributed by atoms with Crippen molar-refractivity contribution in [1.29, 1.82) is 5.26 Å². The van der Waals surface area contributed by atoms with E-state index >= 15 is 0 Å². The van der Waals surface area contributed by atoms with E-state index in [4.69, 9.17) is 5.26 Å². The molecule has 0 unspecified atom stereocenters. The molecule has 1 aromatic rings. The molecule has 0 saturated carbocycles. The van der Waals surface area contributed by atoms with E-state index in [9.17, 15) is 4.79 Å². The lowest BCUT2D eigenvalue weighted by Gasteiger charge is -2.08. The summed E-state index contributed by atoms with van der Waals surface area (Å²) in [6.45, 7) is 7.94. The number of anilines is 1. The highest BCUT2D eigenvalue weighted by Crippen LogP contribution is 2.16. The van der Waals surface area contributed by atoms with Gasteiger partial charge >= 0.3 is 0 Å². The third kappa shape index (κ3) is 4.32. The van der Waals surface area contributed by atoms with Crippen molar-refractivity contribution in [2.45, 2.75) is 13.8 Å². The van der Waals surface area contributed by atoms with Crippen molar-refractivity contribution < 1.29 is 4.79 Å². The zero-order valence-electron chi connectivity index (χ0n) is 11.2. The van der Waals surface area contributed by atoms with Crippen molar-refractivity contribution in [2.75, 3.05) is 11.9 Å². The Labute approximate surface area is 113 Å². The SMILES string of the molecule is C=CCN/C=C(/C#N)C(=O)Nc1ccc(C)cc1C. The van der Waals surface area contributed by atoms with E-state index in [1.54, 1.807) is 6.08 Å². The van der Waals surface area contributed by atoms with Crippen LogP contribution >= 0.6 is 0 Å². The van der Waals surface area contributed by atoms with Crippen molar-refractivity contribution in [3.63, 3.8) is 0 Å². The standard InChI is InChI=1S/C15H17N3O/c1-4-7-17-10-13(9-16)15(19)18-14-6-5-11(2)8-12(14)3/h4-6,8,10,17H,1,7H2,2-3H3,(H,18,19)/b13-10-.